The molecular formula is C17H14ClN3O3. The summed E-state index contributed by atoms with van der Waals surface area (Å²) in [6.45, 7) is 0.108. The largest absolute Gasteiger partial charge is 0.454 e. The lowest BCUT2D eigenvalue weighted by molar-refractivity contribution is 0.174. The molecule has 0 saturated heterocycles. The van der Waals surface area contributed by atoms with Gasteiger partial charge in [-0.25, -0.2) is 9.97 Å². The zero-order chi connectivity index (χ0) is 16.5. The maximum absolute atomic E-state index is 9.81. The van der Waals surface area contributed by atoms with E-state index in [4.69, 9.17) is 21.1 Å². The molecule has 1 aromatic heterocycles. The minimum atomic E-state index is -0.350. The van der Waals surface area contributed by atoms with Crippen LogP contribution >= 0.6 is 11.6 Å². The first-order chi connectivity index (χ1) is 11.7. The Morgan fingerprint density at radius 1 is 1.12 bits per heavy atom. The lowest BCUT2D eigenvalue weighted by atomic mass is 10.1. The standard InChI is InChI=1S/C17H14ClN3O3/c18-11-2-3-13-12(6-11)17(20-8-19-13)21-14(7-22)10-1-4-15-16(5-10)24-9-23-15/h1-6,8,14,22H,7,9H2,(H,19,20,21). The molecule has 1 unspecified atom stereocenters. The van der Waals surface area contributed by atoms with Crippen molar-refractivity contribution in [3.05, 3.63) is 53.3 Å². The van der Waals surface area contributed by atoms with Crippen LogP contribution in [0.15, 0.2) is 42.7 Å². The van der Waals surface area contributed by atoms with Crippen LogP contribution in [0.25, 0.3) is 10.9 Å². The fraction of sp³-hybridized carbons (Fsp3) is 0.176. The molecule has 0 spiro atoms. The average Bonchev–Trinajstić information content (AvgIpc) is 3.07. The highest BCUT2D eigenvalue weighted by Gasteiger charge is 2.18. The van der Waals surface area contributed by atoms with Gasteiger partial charge in [0.15, 0.2) is 11.5 Å². The number of benzene rings is 2. The number of anilines is 1. The van der Waals surface area contributed by atoms with Crippen LogP contribution < -0.4 is 14.8 Å². The van der Waals surface area contributed by atoms with Crippen molar-refractivity contribution in [1.82, 2.24) is 9.97 Å². The Kier molecular flexibility index (Phi) is 3.84. The van der Waals surface area contributed by atoms with Crippen molar-refractivity contribution in [3.63, 3.8) is 0 Å². The molecule has 2 aromatic carbocycles. The summed E-state index contributed by atoms with van der Waals surface area (Å²) < 4.78 is 10.7. The molecule has 1 aliphatic heterocycles. The third-order valence-corrected chi connectivity index (χ3v) is 4.12. The predicted molar refractivity (Wildman–Crippen MR) is 90.6 cm³/mol. The normalized spacial score (nSPS) is 13.9. The second kappa shape index (κ2) is 6.14. The van der Waals surface area contributed by atoms with Gasteiger partial charge in [0.1, 0.15) is 12.1 Å². The van der Waals surface area contributed by atoms with Crippen molar-refractivity contribution in [2.24, 2.45) is 0 Å². The van der Waals surface area contributed by atoms with E-state index in [1.165, 1.54) is 6.33 Å². The van der Waals surface area contributed by atoms with E-state index in [1.807, 2.05) is 24.3 Å². The first-order valence-corrected chi connectivity index (χ1v) is 7.79. The summed E-state index contributed by atoms with van der Waals surface area (Å²) in [5.41, 5.74) is 1.65. The van der Waals surface area contributed by atoms with E-state index < -0.39 is 0 Å². The molecule has 0 saturated carbocycles. The van der Waals surface area contributed by atoms with Crippen LogP contribution in [0.2, 0.25) is 5.02 Å². The van der Waals surface area contributed by atoms with E-state index in [0.29, 0.717) is 22.3 Å². The van der Waals surface area contributed by atoms with E-state index in [-0.39, 0.29) is 19.4 Å². The number of aliphatic hydroxyl groups is 1. The van der Waals surface area contributed by atoms with E-state index in [2.05, 4.69) is 15.3 Å². The Labute approximate surface area is 143 Å². The van der Waals surface area contributed by atoms with Crippen LogP contribution in [-0.2, 0) is 0 Å². The fourth-order valence-corrected chi connectivity index (χ4v) is 2.85. The lowest BCUT2D eigenvalue weighted by Crippen LogP contribution is -2.16. The number of nitrogens with zero attached hydrogens (tertiary/aromatic N) is 2. The van der Waals surface area contributed by atoms with Crippen LogP contribution in [0.1, 0.15) is 11.6 Å². The summed E-state index contributed by atoms with van der Waals surface area (Å²) in [5.74, 6) is 1.98. The highest BCUT2D eigenvalue weighted by molar-refractivity contribution is 6.31. The van der Waals surface area contributed by atoms with Gasteiger partial charge in [0.05, 0.1) is 18.2 Å². The summed E-state index contributed by atoms with van der Waals surface area (Å²) in [7, 11) is 0. The van der Waals surface area contributed by atoms with Crippen LogP contribution in [0.5, 0.6) is 11.5 Å². The minimum Gasteiger partial charge on any atom is -0.454 e. The highest BCUT2D eigenvalue weighted by Crippen LogP contribution is 2.35. The van der Waals surface area contributed by atoms with Crippen molar-refractivity contribution < 1.29 is 14.6 Å². The lowest BCUT2D eigenvalue weighted by Gasteiger charge is -2.18. The summed E-state index contributed by atoms with van der Waals surface area (Å²) in [6.07, 6.45) is 1.48. The van der Waals surface area contributed by atoms with Crippen LogP contribution in [0, 0.1) is 0 Å². The average molecular weight is 344 g/mol. The first-order valence-electron chi connectivity index (χ1n) is 7.42. The van der Waals surface area contributed by atoms with Gasteiger partial charge in [-0.2, -0.15) is 0 Å². The second-order valence-electron chi connectivity index (χ2n) is 5.38. The minimum absolute atomic E-state index is 0.105. The molecule has 3 aromatic rings. The maximum Gasteiger partial charge on any atom is 0.231 e. The number of hydrogen-bond acceptors (Lipinski definition) is 6. The molecule has 2 N–H and O–H groups in total. The topological polar surface area (TPSA) is 76.5 Å². The summed E-state index contributed by atoms with van der Waals surface area (Å²) in [4.78, 5) is 8.51. The van der Waals surface area contributed by atoms with Crippen molar-refractivity contribution in [3.8, 4) is 11.5 Å². The molecule has 0 fully saturated rings. The smallest absolute Gasteiger partial charge is 0.231 e. The van der Waals surface area contributed by atoms with Crippen LogP contribution in [0.3, 0.4) is 0 Å². The number of aromatic nitrogens is 2. The number of hydrogen-bond donors (Lipinski definition) is 2. The Morgan fingerprint density at radius 3 is 2.88 bits per heavy atom. The Balaban J connectivity index is 1.69. The molecule has 7 heteroatoms. The molecule has 2 heterocycles. The molecule has 1 aliphatic rings. The van der Waals surface area contributed by atoms with Gasteiger partial charge in [0, 0.05) is 10.4 Å². The van der Waals surface area contributed by atoms with Gasteiger partial charge in [0.25, 0.3) is 0 Å². The molecule has 0 bridgehead atoms. The Hall–Kier alpha value is -2.57. The maximum atomic E-state index is 9.81. The summed E-state index contributed by atoms with van der Waals surface area (Å²) in [6, 6.07) is 10.6. The number of aliphatic hydroxyl groups excluding tert-OH is 1. The van der Waals surface area contributed by atoms with E-state index in [1.54, 1.807) is 12.1 Å². The van der Waals surface area contributed by atoms with E-state index in [0.717, 1.165) is 16.5 Å². The monoisotopic (exact) mass is 343 g/mol. The van der Waals surface area contributed by atoms with Gasteiger partial charge in [-0.3, -0.25) is 0 Å². The van der Waals surface area contributed by atoms with Crippen LogP contribution in [0.4, 0.5) is 5.82 Å². The Morgan fingerprint density at radius 2 is 2.00 bits per heavy atom. The van der Waals surface area contributed by atoms with E-state index in [9.17, 15) is 5.11 Å². The molecule has 4 rings (SSSR count). The highest BCUT2D eigenvalue weighted by atomic mass is 35.5. The summed E-state index contributed by atoms with van der Waals surface area (Å²) >= 11 is 6.08. The molecule has 0 aliphatic carbocycles. The Bertz CT molecular complexity index is 903. The van der Waals surface area contributed by atoms with Gasteiger partial charge >= 0.3 is 0 Å². The number of fused-ring (bicyclic) bond motifs is 2. The van der Waals surface area contributed by atoms with Crippen molar-refractivity contribution >= 4 is 28.3 Å². The van der Waals surface area contributed by atoms with Crippen molar-refractivity contribution in [2.75, 3.05) is 18.7 Å². The van der Waals surface area contributed by atoms with Gasteiger partial charge in [-0.1, -0.05) is 17.7 Å². The number of rotatable bonds is 4. The first kappa shape index (κ1) is 15.0. The number of ether oxygens (including phenoxy) is 2. The molecule has 6 nitrogen and oxygen atoms in total. The van der Waals surface area contributed by atoms with Crippen molar-refractivity contribution in [1.29, 1.82) is 0 Å². The SMILES string of the molecule is OCC(Nc1ncnc2ccc(Cl)cc12)c1ccc2c(c1)OCO2. The van der Waals surface area contributed by atoms with E-state index >= 15 is 0 Å². The third kappa shape index (κ3) is 2.70. The predicted octanol–water partition coefficient (Wildman–Crippen LogP) is 3.16. The number of halogens is 1. The zero-order valence-corrected chi connectivity index (χ0v) is 13.3. The molecule has 1 atom stereocenters. The second-order valence-corrected chi connectivity index (χ2v) is 5.81. The summed E-state index contributed by atoms with van der Waals surface area (Å²) in [5, 5.41) is 14.5. The zero-order valence-electron chi connectivity index (χ0n) is 12.6. The molecule has 122 valence electrons. The molecular weight excluding hydrogens is 330 g/mol. The third-order valence-electron chi connectivity index (χ3n) is 3.89. The molecule has 0 amide bonds. The quantitative estimate of drug-likeness (QED) is 0.757. The van der Waals surface area contributed by atoms with Gasteiger partial charge < -0.3 is 19.9 Å². The van der Waals surface area contributed by atoms with Crippen molar-refractivity contribution in [2.45, 2.75) is 6.04 Å². The van der Waals surface area contributed by atoms with Crippen LogP contribution in [-0.4, -0.2) is 28.5 Å². The fourth-order valence-electron chi connectivity index (χ4n) is 2.67. The number of nitrogens with one attached hydrogen (secondary N) is 1. The molecule has 0 radical (unpaired) electrons. The molecule has 24 heavy (non-hydrogen) atoms. The van der Waals surface area contributed by atoms with Gasteiger partial charge in [0.2, 0.25) is 6.79 Å². The van der Waals surface area contributed by atoms with Gasteiger partial charge in [-0.15, -0.1) is 0 Å². The van der Waals surface area contributed by atoms with Gasteiger partial charge in [-0.05, 0) is 35.9 Å².